The molecule has 0 saturated carbocycles. The summed E-state index contributed by atoms with van der Waals surface area (Å²) in [5, 5.41) is 4.91. The molecule has 2 aromatic rings. The fourth-order valence-electron chi connectivity index (χ4n) is 1.70. The molecule has 0 radical (unpaired) electrons. The molecule has 0 aromatic carbocycles. The van der Waals surface area contributed by atoms with Crippen LogP contribution >= 0.6 is 11.3 Å². The number of carbonyl (C=O) groups excluding carboxylic acids is 1. The maximum Gasteiger partial charge on any atom is 0.255 e. The molecule has 0 atom stereocenters. The number of nitrogens with one attached hydrogen (secondary N) is 1. The number of hydrogen-bond acceptors (Lipinski definition) is 4. The number of pyridine rings is 1. The van der Waals surface area contributed by atoms with Gasteiger partial charge in [0, 0.05) is 11.1 Å². The van der Waals surface area contributed by atoms with E-state index in [4.69, 9.17) is 5.73 Å². The summed E-state index contributed by atoms with van der Waals surface area (Å²) in [5.41, 5.74) is 7.36. The Bertz CT molecular complexity index is 551. The molecule has 0 spiro atoms. The first kappa shape index (κ1) is 12.6. The van der Waals surface area contributed by atoms with Gasteiger partial charge in [0.15, 0.2) is 0 Å². The van der Waals surface area contributed by atoms with Crippen LogP contribution in [0.15, 0.2) is 29.8 Å². The average Bonchev–Trinajstić information content (AvgIpc) is 2.84. The molecule has 3 N–H and O–H groups in total. The summed E-state index contributed by atoms with van der Waals surface area (Å²) in [4.78, 5) is 17.0. The van der Waals surface area contributed by atoms with Crippen LogP contribution in [0.2, 0.25) is 0 Å². The van der Waals surface area contributed by atoms with Crippen LogP contribution < -0.4 is 11.1 Å². The molecule has 0 aliphatic carbocycles. The summed E-state index contributed by atoms with van der Waals surface area (Å²) in [7, 11) is 0. The summed E-state index contributed by atoms with van der Waals surface area (Å²) >= 11 is 1.65. The van der Waals surface area contributed by atoms with Crippen molar-refractivity contribution in [3.63, 3.8) is 0 Å². The van der Waals surface area contributed by atoms with Crippen molar-refractivity contribution in [1.29, 1.82) is 0 Å². The number of hydrogen-bond donors (Lipinski definition) is 2. The van der Waals surface area contributed by atoms with Gasteiger partial charge in [-0.1, -0.05) is 6.92 Å². The number of nitrogens with two attached hydrogens (primary N) is 1. The van der Waals surface area contributed by atoms with Gasteiger partial charge < -0.3 is 11.1 Å². The lowest BCUT2D eigenvalue weighted by Crippen LogP contribution is -2.24. The Labute approximate surface area is 110 Å². The maximum absolute atomic E-state index is 11.9. The predicted molar refractivity (Wildman–Crippen MR) is 73.5 cm³/mol. The monoisotopic (exact) mass is 261 g/mol. The summed E-state index contributed by atoms with van der Waals surface area (Å²) in [5.74, 6) is 0.0768. The van der Waals surface area contributed by atoms with Gasteiger partial charge in [-0.05, 0) is 35.6 Å². The summed E-state index contributed by atoms with van der Waals surface area (Å²) in [6.07, 6.45) is 2.55. The van der Waals surface area contributed by atoms with Gasteiger partial charge in [0.2, 0.25) is 0 Å². The van der Waals surface area contributed by atoms with Gasteiger partial charge >= 0.3 is 0 Å². The van der Waals surface area contributed by atoms with Crippen molar-refractivity contribution in [2.45, 2.75) is 19.9 Å². The molecule has 94 valence electrons. The first-order valence-electron chi connectivity index (χ1n) is 5.76. The quantitative estimate of drug-likeness (QED) is 0.886. The zero-order chi connectivity index (χ0) is 13.0. The van der Waals surface area contributed by atoms with Crippen LogP contribution in [-0.2, 0) is 13.0 Å². The van der Waals surface area contributed by atoms with E-state index in [0.717, 1.165) is 6.42 Å². The van der Waals surface area contributed by atoms with Gasteiger partial charge in [-0.15, -0.1) is 11.3 Å². The van der Waals surface area contributed by atoms with Gasteiger partial charge in [0.25, 0.3) is 5.91 Å². The van der Waals surface area contributed by atoms with Gasteiger partial charge in [-0.2, -0.15) is 0 Å². The summed E-state index contributed by atoms with van der Waals surface area (Å²) in [6, 6.07) is 5.46. The predicted octanol–water partition coefficient (Wildman–Crippen LogP) is 2.22. The number of carbonyl (C=O) groups is 1. The Morgan fingerprint density at radius 1 is 1.50 bits per heavy atom. The Balaban J connectivity index is 2.03. The lowest BCUT2D eigenvalue weighted by Gasteiger charge is -2.06. The minimum absolute atomic E-state index is 0.184. The fraction of sp³-hybridized carbons (Fsp3) is 0.231. The first-order chi connectivity index (χ1) is 8.72. The highest BCUT2D eigenvalue weighted by atomic mass is 32.1. The molecule has 5 heteroatoms. The zero-order valence-electron chi connectivity index (χ0n) is 10.1. The SMILES string of the molecule is CCc1ccsc1CNC(=O)c1cccnc1N. The molecule has 4 nitrogen and oxygen atoms in total. The molecule has 0 aliphatic rings. The van der Waals surface area contributed by atoms with Gasteiger partial charge in [0.05, 0.1) is 12.1 Å². The molecular weight excluding hydrogens is 246 g/mol. The van der Waals surface area contributed by atoms with Crippen LogP contribution in [0.1, 0.15) is 27.7 Å². The molecule has 18 heavy (non-hydrogen) atoms. The topological polar surface area (TPSA) is 68.0 Å². The third-order valence-corrected chi connectivity index (χ3v) is 3.67. The lowest BCUT2D eigenvalue weighted by atomic mass is 10.2. The average molecular weight is 261 g/mol. The molecule has 2 rings (SSSR count). The molecule has 0 saturated heterocycles. The largest absolute Gasteiger partial charge is 0.383 e. The third-order valence-electron chi connectivity index (χ3n) is 2.71. The Kier molecular flexibility index (Phi) is 3.94. The molecule has 0 unspecified atom stereocenters. The summed E-state index contributed by atoms with van der Waals surface area (Å²) < 4.78 is 0. The standard InChI is InChI=1S/C13H15N3OS/c1-2-9-5-7-18-11(9)8-16-13(17)10-4-3-6-15-12(10)14/h3-7H,2,8H2,1H3,(H2,14,15)(H,16,17). The van der Waals surface area contributed by atoms with E-state index >= 15 is 0 Å². The number of anilines is 1. The minimum Gasteiger partial charge on any atom is -0.383 e. The second-order valence-electron chi connectivity index (χ2n) is 3.84. The van der Waals surface area contributed by atoms with Crippen molar-refractivity contribution in [2.75, 3.05) is 5.73 Å². The van der Waals surface area contributed by atoms with Crippen LogP contribution in [0.4, 0.5) is 5.82 Å². The van der Waals surface area contributed by atoms with E-state index in [1.165, 1.54) is 10.4 Å². The zero-order valence-corrected chi connectivity index (χ0v) is 11.0. The number of aromatic nitrogens is 1. The second kappa shape index (κ2) is 5.64. The minimum atomic E-state index is -0.184. The van der Waals surface area contributed by atoms with Crippen LogP contribution in [0.25, 0.3) is 0 Å². The van der Waals surface area contributed by atoms with Gasteiger partial charge in [-0.3, -0.25) is 4.79 Å². The fourth-order valence-corrected chi connectivity index (χ4v) is 2.62. The Morgan fingerprint density at radius 2 is 2.33 bits per heavy atom. The molecule has 0 aliphatic heterocycles. The van der Waals surface area contributed by atoms with E-state index < -0.39 is 0 Å². The number of rotatable bonds is 4. The Hall–Kier alpha value is -1.88. The van der Waals surface area contributed by atoms with Crippen molar-refractivity contribution in [3.05, 3.63) is 45.8 Å². The van der Waals surface area contributed by atoms with Crippen molar-refractivity contribution in [1.82, 2.24) is 10.3 Å². The van der Waals surface area contributed by atoms with Crippen molar-refractivity contribution in [2.24, 2.45) is 0 Å². The second-order valence-corrected chi connectivity index (χ2v) is 4.84. The number of aryl methyl sites for hydroxylation is 1. The van der Waals surface area contributed by atoms with Gasteiger partial charge in [0.1, 0.15) is 5.82 Å². The molecular formula is C13H15N3OS. The molecule has 2 aromatic heterocycles. The summed E-state index contributed by atoms with van der Waals surface area (Å²) in [6.45, 7) is 2.64. The van der Waals surface area contributed by atoms with E-state index in [1.54, 1.807) is 29.7 Å². The smallest absolute Gasteiger partial charge is 0.255 e. The van der Waals surface area contributed by atoms with Crippen LogP contribution in [0.3, 0.4) is 0 Å². The third kappa shape index (κ3) is 2.68. The van der Waals surface area contributed by atoms with E-state index in [-0.39, 0.29) is 11.7 Å². The van der Waals surface area contributed by atoms with Crippen molar-refractivity contribution in [3.8, 4) is 0 Å². The van der Waals surface area contributed by atoms with Crippen molar-refractivity contribution >= 4 is 23.1 Å². The number of nitrogens with zero attached hydrogens (tertiary/aromatic N) is 1. The molecule has 0 fully saturated rings. The molecule has 1 amide bonds. The van der Waals surface area contributed by atoms with Crippen LogP contribution in [0, 0.1) is 0 Å². The first-order valence-corrected chi connectivity index (χ1v) is 6.64. The van der Waals surface area contributed by atoms with E-state index in [9.17, 15) is 4.79 Å². The lowest BCUT2D eigenvalue weighted by molar-refractivity contribution is 0.0952. The highest BCUT2D eigenvalue weighted by molar-refractivity contribution is 7.10. The van der Waals surface area contributed by atoms with E-state index in [2.05, 4.69) is 23.3 Å². The van der Waals surface area contributed by atoms with Crippen LogP contribution in [-0.4, -0.2) is 10.9 Å². The van der Waals surface area contributed by atoms with E-state index in [1.807, 2.05) is 5.38 Å². The normalized spacial score (nSPS) is 10.3. The molecule has 0 bridgehead atoms. The van der Waals surface area contributed by atoms with Crippen molar-refractivity contribution < 1.29 is 4.79 Å². The highest BCUT2D eigenvalue weighted by Crippen LogP contribution is 2.17. The number of thiophene rings is 1. The number of amides is 1. The van der Waals surface area contributed by atoms with Gasteiger partial charge in [-0.25, -0.2) is 4.98 Å². The maximum atomic E-state index is 11.9. The Morgan fingerprint density at radius 3 is 3.06 bits per heavy atom. The van der Waals surface area contributed by atoms with E-state index in [0.29, 0.717) is 12.1 Å². The highest BCUT2D eigenvalue weighted by Gasteiger charge is 2.10. The number of nitrogen functional groups attached to an aromatic ring is 1. The molecule has 2 heterocycles. The van der Waals surface area contributed by atoms with Crippen LogP contribution in [0.5, 0.6) is 0 Å².